The molecule has 3 aromatic carbocycles. The maximum Gasteiger partial charge on any atom is 0.253 e. The van der Waals surface area contributed by atoms with E-state index in [2.05, 4.69) is 46.5 Å². The van der Waals surface area contributed by atoms with Gasteiger partial charge in [0, 0.05) is 11.1 Å². The molecular formula is C23H18N4O. The normalized spacial score (nSPS) is 11.2. The van der Waals surface area contributed by atoms with Gasteiger partial charge in [0.25, 0.3) is 5.78 Å². The van der Waals surface area contributed by atoms with E-state index in [1.165, 1.54) is 10.8 Å². The topological polar surface area (TPSA) is 52.3 Å². The Balaban J connectivity index is 1.72. The summed E-state index contributed by atoms with van der Waals surface area (Å²) in [4.78, 5) is 9.26. The van der Waals surface area contributed by atoms with Gasteiger partial charge in [-0.2, -0.15) is 9.50 Å². The van der Waals surface area contributed by atoms with Crippen LogP contribution in [0.4, 0.5) is 0 Å². The largest absolute Gasteiger partial charge is 0.497 e. The van der Waals surface area contributed by atoms with Crippen molar-refractivity contribution in [2.24, 2.45) is 0 Å². The summed E-state index contributed by atoms with van der Waals surface area (Å²) in [6.07, 6.45) is 0. The van der Waals surface area contributed by atoms with Crippen molar-refractivity contribution in [3.63, 3.8) is 0 Å². The SMILES string of the molecule is COc1ccc(-c2cc(-c3ccc4ccccc4c3)nc3nc(C)nn23)cc1. The van der Waals surface area contributed by atoms with Crippen molar-refractivity contribution in [2.75, 3.05) is 7.11 Å². The molecule has 0 amide bonds. The standard InChI is InChI=1S/C23H18N4O/c1-15-24-23-25-21(19-8-7-16-5-3-4-6-18(16)13-19)14-22(27(23)26-15)17-9-11-20(28-2)12-10-17/h3-14H,1-2H3. The van der Waals surface area contributed by atoms with Gasteiger partial charge < -0.3 is 4.74 Å². The molecule has 0 atom stereocenters. The molecule has 5 rings (SSSR count). The highest BCUT2D eigenvalue weighted by atomic mass is 16.5. The fraction of sp³-hybridized carbons (Fsp3) is 0.0870. The number of ether oxygens (including phenoxy) is 1. The third kappa shape index (κ3) is 2.77. The van der Waals surface area contributed by atoms with Gasteiger partial charge in [0.05, 0.1) is 18.5 Å². The highest BCUT2D eigenvalue weighted by Crippen LogP contribution is 2.29. The molecule has 0 fully saturated rings. The molecule has 0 saturated heterocycles. The number of aromatic nitrogens is 4. The van der Waals surface area contributed by atoms with E-state index in [4.69, 9.17) is 9.72 Å². The van der Waals surface area contributed by atoms with Crippen LogP contribution in [0.3, 0.4) is 0 Å². The van der Waals surface area contributed by atoms with E-state index in [1.54, 1.807) is 11.6 Å². The van der Waals surface area contributed by atoms with Gasteiger partial charge in [-0.25, -0.2) is 4.98 Å². The molecule has 0 aliphatic carbocycles. The van der Waals surface area contributed by atoms with Crippen LogP contribution in [0.5, 0.6) is 5.75 Å². The molecule has 0 N–H and O–H groups in total. The molecule has 5 nitrogen and oxygen atoms in total. The van der Waals surface area contributed by atoms with Gasteiger partial charge in [0.2, 0.25) is 0 Å². The molecule has 0 aliphatic rings. The molecule has 136 valence electrons. The average molecular weight is 366 g/mol. The summed E-state index contributed by atoms with van der Waals surface area (Å²) < 4.78 is 7.08. The van der Waals surface area contributed by atoms with Crippen molar-refractivity contribution in [2.45, 2.75) is 6.92 Å². The van der Waals surface area contributed by atoms with Gasteiger partial charge >= 0.3 is 0 Å². The molecule has 0 bridgehead atoms. The first kappa shape index (κ1) is 16.4. The fourth-order valence-electron chi connectivity index (χ4n) is 3.43. The Labute approximate surface area is 162 Å². The minimum Gasteiger partial charge on any atom is -0.497 e. The molecule has 5 aromatic rings. The smallest absolute Gasteiger partial charge is 0.253 e. The van der Waals surface area contributed by atoms with Crippen molar-refractivity contribution >= 4 is 16.6 Å². The third-order valence-corrected chi connectivity index (χ3v) is 4.85. The summed E-state index contributed by atoms with van der Waals surface area (Å²) in [7, 11) is 1.66. The lowest BCUT2D eigenvalue weighted by atomic mass is 10.0. The monoisotopic (exact) mass is 366 g/mol. The van der Waals surface area contributed by atoms with Crippen LogP contribution in [-0.2, 0) is 0 Å². The predicted octanol–water partition coefficient (Wildman–Crippen LogP) is 4.93. The second-order valence-corrected chi connectivity index (χ2v) is 6.69. The number of hydrogen-bond acceptors (Lipinski definition) is 4. The number of fused-ring (bicyclic) bond motifs is 2. The van der Waals surface area contributed by atoms with Crippen molar-refractivity contribution < 1.29 is 4.74 Å². The zero-order chi connectivity index (χ0) is 19.1. The molecule has 2 heterocycles. The van der Waals surface area contributed by atoms with Crippen LogP contribution in [-0.4, -0.2) is 26.7 Å². The van der Waals surface area contributed by atoms with Crippen LogP contribution in [0.2, 0.25) is 0 Å². The molecule has 2 aromatic heterocycles. The summed E-state index contributed by atoms with van der Waals surface area (Å²) in [5.41, 5.74) is 3.89. The van der Waals surface area contributed by atoms with Gasteiger partial charge in [0.1, 0.15) is 11.6 Å². The number of benzene rings is 3. The second kappa shape index (κ2) is 6.46. The first-order valence-electron chi connectivity index (χ1n) is 9.09. The Kier molecular flexibility index (Phi) is 3.79. The molecule has 0 spiro atoms. The fourth-order valence-corrected chi connectivity index (χ4v) is 3.43. The minimum atomic E-state index is 0.592. The Hall–Kier alpha value is -3.73. The van der Waals surface area contributed by atoms with Crippen molar-refractivity contribution in [3.8, 4) is 28.3 Å². The van der Waals surface area contributed by atoms with E-state index < -0.39 is 0 Å². The summed E-state index contributed by atoms with van der Waals surface area (Å²) >= 11 is 0. The zero-order valence-electron chi connectivity index (χ0n) is 15.6. The summed E-state index contributed by atoms with van der Waals surface area (Å²) in [5, 5.41) is 6.92. The zero-order valence-corrected chi connectivity index (χ0v) is 15.6. The van der Waals surface area contributed by atoms with Gasteiger partial charge in [-0.3, -0.25) is 0 Å². The average Bonchev–Trinajstić information content (AvgIpc) is 3.13. The van der Waals surface area contributed by atoms with Crippen LogP contribution in [0.1, 0.15) is 5.82 Å². The number of methoxy groups -OCH3 is 1. The number of hydrogen-bond donors (Lipinski definition) is 0. The van der Waals surface area contributed by atoms with Crippen LogP contribution in [0, 0.1) is 6.92 Å². The summed E-state index contributed by atoms with van der Waals surface area (Å²) in [6, 6.07) is 24.7. The van der Waals surface area contributed by atoms with E-state index >= 15 is 0 Å². The van der Waals surface area contributed by atoms with Crippen LogP contribution in [0.25, 0.3) is 39.1 Å². The van der Waals surface area contributed by atoms with Gasteiger partial charge in [0.15, 0.2) is 0 Å². The maximum absolute atomic E-state index is 5.28. The first-order valence-corrected chi connectivity index (χ1v) is 9.09. The van der Waals surface area contributed by atoms with Crippen LogP contribution in [0.15, 0.2) is 72.8 Å². The molecule has 0 aliphatic heterocycles. The lowest BCUT2D eigenvalue weighted by Crippen LogP contribution is -1.99. The number of aryl methyl sites for hydroxylation is 1. The molecule has 0 radical (unpaired) electrons. The van der Waals surface area contributed by atoms with Crippen molar-refractivity contribution in [1.82, 2.24) is 19.6 Å². The Bertz CT molecular complexity index is 1310. The van der Waals surface area contributed by atoms with Gasteiger partial charge in [-0.15, -0.1) is 5.10 Å². The summed E-state index contributed by atoms with van der Waals surface area (Å²) in [6.45, 7) is 1.88. The number of rotatable bonds is 3. The molecule has 28 heavy (non-hydrogen) atoms. The highest BCUT2D eigenvalue weighted by Gasteiger charge is 2.13. The quantitative estimate of drug-likeness (QED) is 0.454. The third-order valence-electron chi connectivity index (χ3n) is 4.85. The van der Waals surface area contributed by atoms with Crippen molar-refractivity contribution in [3.05, 3.63) is 78.6 Å². The second-order valence-electron chi connectivity index (χ2n) is 6.69. The maximum atomic E-state index is 5.28. The Morgan fingerprint density at radius 3 is 2.32 bits per heavy atom. The first-order chi connectivity index (χ1) is 13.7. The van der Waals surface area contributed by atoms with Crippen LogP contribution < -0.4 is 4.74 Å². The summed E-state index contributed by atoms with van der Waals surface area (Å²) in [5.74, 6) is 2.10. The number of nitrogens with zero attached hydrogens (tertiary/aromatic N) is 4. The molecule has 5 heteroatoms. The van der Waals surface area contributed by atoms with E-state index in [-0.39, 0.29) is 0 Å². The highest BCUT2D eigenvalue weighted by molar-refractivity contribution is 5.87. The van der Waals surface area contributed by atoms with E-state index in [0.29, 0.717) is 11.6 Å². The molecule has 0 saturated carbocycles. The minimum absolute atomic E-state index is 0.592. The Morgan fingerprint density at radius 2 is 1.54 bits per heavy atom. The van der Waals surface area contributed by atoms with E-state index in [9.17, 15) is 0 Å². The lowest BCUT2D eigenvalue weighted by Gasteiger charge is -2.09. The predicted molar refractivity (Wildman–Crippen MR) is 110 cm³/mol. The van der Waals surface area contributed by atoms with E-state index in [1.807, 2.05) is 43.3 Å². The molecular weight excluding hydrogens is 348 g/mol. The molecule has 0 unspecified atom stereocenters. The van der Waals surface area contributed by atoms with Gasteiger partial charge in [-0.1, -0.05) is 36.4 Å². The van der Waals surface area contributed by atoms with Crippen molar-refractivity contribution in [1.29, 1.82) is 0 Å². The van der Waals surface area contributed by atoms with Gasteiger partial charge in [-0.05, 0) is 54.1 Å². The lowest BCUT2D eigenvalue weighted by molar-refractivity contribution is 0.415. The van der Waals surface area contributed by atoms with Crippen LogP contribution >= 0.6 is 0 Å². The Morgan fingerprint density at radius 1 is 0.786 bits per heavy atom. The van der Waals surface area contributed by atoms with E-state index in [0.717, 1.165) is 28.3 Å².